The van der Waals surface area contributed by atoms with Gasteiger partial charge in [0.15, 0.2) is 0 Å². The van der Waals surface area contributed by atoms with Crippen LogP contribution in [0.15, 0.2) is 4.52 Å². The summed E-state index contributed by atoms with van der Waals surface area (Å²) in [5, 5.41) is 7.95. The molecule has 6 heteroatoms. The van der Waals surface area contributed by atoms with Crippen molar-refractivity contribution in [3.05, 3.63) is 5.69 Å². The van der Waals surface area contributed by atoms with E-state index in [0.29, 0.717) is 11.7 Å². The quantitative estimate of drug-likeness (QED) is 0.845. The normalized spacial score (nSPS) is 10.8. The average molecular weight is 221 g/mol. The van der Waals surface area contributed by atoms with Crippen LogP contribution in [0, 0.1) is 6.92 Å². The van der Waals surface area contributed by atoms with Crippen LogP contribution in [-0.4, -0.2) is 35.8 Å². The molecule has 0 aliphatic carbocycles. The minimum Gasteiger partial charge on any atom is -0.370 e. The Bertz CT molecular complexity index is 505. The smallest absolute Gasteiger partial charge is 0.264 e. The molecule has 0 unspecified atom stereocenters. The zero-order chi connectivity index (χ0) is 11.7. The van der Waals surface area contributed by atoms with Crippen LogP contribution in [0.5, 0.6) is 0 Å². The van der Waals surface area contributed by atoms with Crippen molar-refractivity contribution in [3.63, 3.8) is 0 Å². The number of rotatable bonds is 3. The van der Waals surface area contributed by atoms with Crippen LogP contribution in [0.4, 0.5) is 11.8 Å². The highest BCUT2D eigenvalue weighted by molar-refractivity contribution is 5.88. The fraction of sp³-hybridized carbons (Fsp3) is 0.500. The molecule has 0 saturated heterocycles. The van der Waals surface area contributed by atoms with E-state index in [4.69, 9.17) is 4.52 Å². The first kappa shape index (κ1) is 10.7. The Morgan fingerprint density at radius 1 is 1.31 bits per heavy atom. The Labute approximate surface area is 93.7 Å². The zero-order valence-corrected chi connectivity index (χ0v) is 9.90. The lowest BCUT2D eigenvalue weighted by atomic mass is 10.3. The molecule has 2 aromatic heterocycles. The molecule has 16 heavy (non-hydrogen) atoms. The molecule has 0 aromatic carbocycles. The lowest BCUT2D eigenvalue weighted by Gasteiger charge is -2.11. The molecule has 86 valence electrons. The summed E-state index contributed by atoms with van der Waals surface area (Å²) in [6.07, 6.45) is 0. The summed E-state index contributed by atoms with van der Waals surface area (Å²) in [6.45, 7) is 4.70. The van der Waals surface area contributed by atoms with Gasteiger partial charge in [0.05, 0.1) is 5.69 Å². The topological polar surface area (TPSA) is 67.1 Å². The Balaban J connectivity index is 2.65. The molecule has 0 spiro atoms. The molecule has 0 radical (unpaired) electrons. The van der Waals surface area contributed by atoms with Gasteiger partial charge in [-0.15, -0.1) is 0 Å². The van der Waals surface area contributed by atoms with E-state index < -0.39 is 0 Å². The van der Waals surface area contributed by atoms with Gasteiger partial charge in [-0.3, -0.25) is 0 Å². The summed E-state index contributed by atoms with van der Waals surface area (Å²) < 4.78 is 5.16. The largest absolute Gasteiger partial charge is 0.370 e. The van der Waals surface area contributed by atoms with Gasteiger partial charge in [0, 0.05) is 20.6 Å². The molecule has 2 rings (SSSR count). The molecule has 1 N–H and O–H groups in total. The number of aryl methyl sites for hydroxylation is 1. The van der Waals surface area contributed by atoms with Crippen molar-refractivity contribution < 1.29 is 4.52 Å². The molecular weight excluding hydrogens is 206 g/mol. The van der Waals surface area contributed by atoms with Crippen LogP contribution in [0.25, 0.3) is 11.1 Å². The highest BCUT2D eigenvalue weighted by Gasteiger charge is 2.14. The van der Waals surface area contributed by atoms with Crippen molar-refractivity contribution in [1.82, 2.24) is 15.1 Å². The zero-order valence-electron chi connectivity index (χ0n) is 9.90. The van der Waals surface area contributed by atoms with Crippen LogP contribution in [0.3, 0.4) is 0 Å². The van der Waals surface area contributed by atoms with Crippen molar-refractivity contribution in [3.8, 4) is 0 Å². The standard InChI is InChI=1S/C10H15N5O/c1-5-11-8-7-6(2)14-16-9(7)13-10(12-8)15(3)4/h5H2,1-4H3,(H,11,12,13). The number of fused-ring (bicyclic) bond motifs is 1. The van der Waals surface area contributed by atoms with Crippen molar-refractivity contribution in [2.45, 2.75) is 13.8 Å². The van der Waals surface area contributed by atoms with E-state index in [-0.39, 0.29) is 0 Å². The van der Waals surface area contributed by atoms with E-state index in [1.54, 1.807) is 0 Å². The number of hydrogen-bond acceptors (Lipinski definition) is 6. The minimum absolute atomic E-state index is 0.521. The lowest BCUT2D eigenvalue weighted by molar-refractivity contribution is 0.442. The van der Waals surface area contributed by atoms with Gasteiger partial charge in [-0.1, -0.05) is 5.16 Å². The van der Waals surface area contributed by atoms with E-state index in [1.165, 1.54) is 0 Å². The monoisotopic (exact) mass is 221 g/mol. The van der Waals surface area contributed by atoms with Gasteiger partial charge >= 0.3 is 0 Å². The highest BCUT2D eigenvalue weighted by Crippen LogP contribution is 2.25. The van der Waals surface area contributed by atoms with Crippen LogP contribution < -0.4 is 10.2 Å². The third-order valence-corrected chi connectivity index (χ3v) is 2.24. The maximum atomic E-state index is 5.16. The second kappa shape index (κ2) is 3.96. The third-order valence-electron chi connectivity index (χ3n) is 2.24. The first-order valence-electron chi connectivity index (χ1n) is 5.18. The maximum absolute atomic E-state index is 5.16. The number of nitrogens with one attached hydrogen (secondary N) is 1. The Kier molecular flexibility index (Phi) is 2.64. The summed E-state index contributed by atoms with van der Waals surface area (Å²) in [6, 6.07) is 0. The molecule has 0 saturated carbocycles. The second-order valence-corrected chi connectivity index (χ2v) is 3.75. The number of hydrogen-bond donors (Lipinski definition) is 1. The van der Waals surface area contributed by atoms with Gasteiger partial charge in [0.1, 0.15) is 11.2 Å². The van der Waals surface area contributed by atoms with Crippen molar-refractivity contribution in [2.24, 2.45) is 0 Å². The van der Waals surface area contributed by atoms with Gasteiger partial charge in [-0.25, -0.2) is 0 Å². The molecule has 0 atom stereocenters. The summed E-state index contributed by atoms with van der Waals surface area (Å²) in [7, 11) is 3.78. The number of nitrogens with zero attached hydrogens (tertiary/aromatic N) is 4. The predicted octanol–water partition coefficient (Wildman–Crippen LogP) is 1.42. The fourth-order valence-corrected chi connectivity index (χ4v) is 1.47. The molecule has 0 aliphatic heterocycles. The first-order chi connectivity index (χ1) is 7.63. The molecular formula is C10H15N5O. The minimum atomic E-state index is 0.521. The molecule has 0 bridgehead atoms. The molecule has 6 nitrogen and oxygen atoms in total. The maximum Gasteiger partial charge on any atom is 0.264 e. The predicted molar refractivity (Wildman–Crippen MR) is 62.8 cm³/mol. The molecule has 2 aromatic rings. The van der Waals surface area contributed by atoms with Gasteiger partial charge < -0.3 is 14.7 Å². The molecule has 0 fully saturated rings. The Morgan fingerprint density at radius 2 is 2.06 bits per heavy atom. The van der Waals surface area contributed by atoms with Gasteiger partial charge in [0.25, 0.3) is 5.71 Å². The van der Waals surface area contributed by atoms with E-state index in [1.807, 2.05) is 32.8 Å². The third kappa shape index (κ3) is 1.66. The van der Waals surface area contributed by atoms with Crippen molar-refractivity contribution in [2.75, 3.05) is 30.9 Å². The molecule has 0 aliphatic rings. The first-order valence-corrected chi connectivity index (χ1v) is 5.18. The van der Waals surface area contributed by atoms with E-state index in [0.717, 1.165) is 23.4 Å². The van der Waals surface area contributed by atoms with Gasteiger partial charge in [-0.2, -0.15) is 9.97 Å². The Hall–Kier alpha value is -1.85. The molecule has 0 amide bonds. The van der Waals surface area contributed by atoms with Crippen LogP contribution in [0.2, 0.25) is 0 Å². The fourth-order valence-electron chi connectivity index (χ4n) is 1.47. The second-order valence-electron chi connectivity index (χ2n) is 3.75. The summed E-state index contributed by atoms with van der Waals surface area (Å²) in [5.74, 6) is 1.38. The van der Waals surface area contributed by atoms with Gasteiger partial charge in [-0.05, 0) is 13.8 Å². The summed E-state index contributed by atoms with van der Waals surface area (Å²) in [5.41, 5.74) is 1.32. The van der Waals surface area contributed by atoms with E-state index >= 15 is 0 Å². The SMILES string of the molecule is CCNc1nc(N(C)C)nc2onc(C)c12. The molecule has 2 heterocycles. The summed E-state index contributed by atoms with van der Waals surface area (Å²) >= 11 is 0. The lowest BCUT2D eigenvalue weighted by Crippen LogP contribution is -2.14. The van der Waals surface area contributed by atoms with Crippen molar-refractivity contribution in [1.29, 1.82) is 0 Å². The van der Waals surface area contributed by atoms with Gasteiger partial charge in [0.2, 0.25) is 5.95 Å². The van der Waals surface area contributed by atoms with E-state index in [2.05, 4.69) is 20.4 Å². The number of aromatic nitrogens is 3. The van der Waals surface area contributed by atoms with E-state index in [9.17, 15) is 0 Å². The highest BCUT2D eigenvalue weighted by atomic mass is 16.5. The summed E-state index contributed by atoms with van der Waals surface area (Å²) in [4.78, 5) is 10.5. The Morgan fingerprint density at radius 3 is 2.69 bits per heavy atom. The van der Waals surface area contributed by atoms with Crippen molar-refractivity contribution >= 4 is 22.9 Å². The average Bonchev–Trinajstić information content (AvgIpc) is 2.61. The van der Waals surface area contributed by atoms with Crippen LogP contribution in [-0.2, 0) is 0 Å². The van der Waals surface area contributed by atoms with Crippen LogP contribution >= 0.6 is 0 Å². The van der Waals surface area contributed by atoms with Crippen LogP contribution in [0.1, 0.15) is 12.6 Å². The number of anilines is 2.